The highest BCUT2D eigenvalue weighted by molar-refractivity contribution is 5.96. The van der Waals surface area contributed by atoms with Gasteiger partial charge < -0.3 is 20.3 Å². The molecule has 3 atom stereocenters. The first kappa shape index (κ1) is 20.5. The molecule has 154 valence electrons. The summed E-state index contributed by atoms with van der Waals surface area (Å²) in [5.41, 5.74) is 1.09. The van der Waals surface area contributed by atoms with E-state index in [1.165, 1.54) is 6.42 Å². The Morgan fingerprint density at radius 1 is 1.18 bits per heavy atom. The molecule has 2 aliphatic rings. The van der Waals surface area contributed by atoms with Crippen molar-refractivity contribution in [2.45, 2.75) is 65.5 Å². The van der Waals surface area contributed by atoms with E-state index >= 15 is 0 Å². The molecule has 0 radical (unpaired) electrons. The number of ether oxygens (including phenoxy) is 1. The van der Waals surface area contributed by atoms with E-state index in [4.69, 9.17) is 4.74 Å². The van der Waals surface area contributed by atoms with Gasteiger partial charge in [-0.05, 0) is 61.8 Å². The summed E-state index contributed by atoms with van der Waals surface area (Å²) >= 11 is 0. The van der Waals surface area contributed by atoms with Crippen molar-refractivity contribution in [2.24, 2.45) is 11.3 Å². The molecule has 0 unspecified atom stereocenters. The van der Waals surface area contributed by atoms with E-state index in [1.54, 1.807) is 4.90 Å². The van der Waals surface area contributed by atoms with Crippen molar-refractivity contribution in [1.82, 2.24) is 10.6 Å². The van der Waals surface area contributed by atoms with E-state index in [2.05, 4.69) is 31.4 Å². The molecule has 0 spiro atoms. The van der Waals surface area contributed by atoms with Gasteiger partial charge in [0.25, 0.3) is 0 Å². The molecule has 1 heterocycles. The molecule has 28 heavy (non-hydrogen) atoms. The molecule has 0 aromatic heterocycles. The Morgan fingerprint density at radius 3 is 2.50 bits per heavy atom. The van der Waals surface area contributed by atoms with Crippen LogP contribution in [0, 0.1) is 11.3 Å². The van der Waals surface area contributed by atoms with Crippen LogP contribution >= 0.6 is 0 Å². The van der Waals surface area contributed by atoms with Crippen molar-refractivity contribution < 1.29 is 14.3 Å². The number of carbonyl (C=O) groups excluding carboxylic acids is 2. The van der Waals surface area contributed by atoms with Gasteiger partial charge in [0.1, 0.15) is 5.75 Å². The van der Waals surface area contributed by atoms with Gasteiger partial charge in [-0.3, -0.25) is 4.79 Å². The molecular weight excluding hydrogens is 354 g/mol. The van der Waals surface area contributed by atoms with E-state index in [0.717, 1.165) is 24.3 Å². The predicted octanol–water partition coefficient (Wildman–Crippen LogP) is 3.70. The molecule has 2 N–H and O–H groups in total. The fourth-order valence-electron chi connectivity index (χ4n) is 4.81. The topological polar surface area (TPSA) is 70.7 Å². The summed E-state index contributed by atoms with van der Waals surface area (Å²) in [5, 5.41) is 6.12. The van der Waals surface area contributed by atoms with Crippen LogP contribution in [0.25, 0.3) is 0 Å². The third-order valence-corrected chi connectivity index (χ3v) is 5.64. The SMILES string of the molecule is CCOc1ccc(N2C[C@H](NC(=O)N[C@@H]3C[C@H](C)CC(C)(C)C3)CC2=O)cc1. The van der Waals surface area contributed by atoms with Gasteiger partial charge >= 0.3 is 6.03 Å². The van der Waals surface area contributed by atoms with Crippen molar-refractivity contribution >= 4 is 17.6 Å². The summed E-state index contributed by atoms with van der Waals surface area (Å²) < 4.78 is 5.45. The molecule has 6 heteroatoms. The standard InChI is InChI=1S/C22H33N3O3/c1-5-28-19-8-6-18(7-9-19)25-14-17(11-20(25)26)24-21(27)23-16-10-15(2)12-22(3,4)13-16/h6-9,15-17H,5,10-14H2,1-4H3,(H2,23,24,27)/t15-,16+,17+/m0/s1. The molecule has 6 nitrogen and oxygen atoms in total. The van der Waals surface area contributed by atoms with E-state index in [1.807, 2.05) is 31.2 Å². The Kier molecular flexibility index (Phi) is 6.16. The highest BCUT2D eigenvalue weighted by atomic mass is 16.5. The number of benzene rings is 1. The fourth-order valence-corrected chi connectivity index (χ4v) is 4.81. The van der Waals surface area contributed by atoms with Crippen LogP contribution in [0.1, 0.15) is 53.4 Å². The van der Waals surface area contributed by atoms with Crippen molar-refractivity contribution in [1.29, 1.82) is 0 Å². The Hall–Kier alpha value is -2.24. The van der Waals surface area contributed by atoms with Gasteiger partial charge in [-0.1, -0.05) is 20.8 Å². The first-order valence-corrected chi connectivity index (χ1v) is 10.4. The number of nitrogens with one attached hydrogen (secondary N) is 2. The number of anilines is 1. The Bertz CT molecular complexity index is 701. The molecule has 1 saturated carbocycles. The van der Waals surface area contributed by atoms with Crippen molar-refractivity contribution in [3.8, 4) is 5.75 Å². The van der Waals surface area contributed by atoms with Crippen molar-refractivity contribution in [3.63, 3.8) is 0 Å². The zero-order valence-corrected chi connectivity index (χ0v) is 17.5. The lowest BCUT2D eigenvalue weighted by atomic mass is 9.71. The van der Waals surface area contributed by atoms with Crippen LogP contribution in [0.3, 0.4) is 0 Å². The number of hydrogen-bond donors (Lipinski definition) is 2. The average molecular weight is 388 g/mol. The zero-order chi connectivity index (χ0) is 20.3. The second-order valence-electron chi connectivity index (χ2n) is 9.06. The van der Waals surface area contributed by atoms with E-state index in [0.29, 0.717) is 25.5 Å². The number of amides is 3. The van der Waals surface area contributed by atoms with E-state index in [-0.39, 0.29) is 29.4 Å². The maximum absolute atomic E-state index is 12.5. The largest absolute Gasteiger partial charge is 0.494 e. The minimum atomic E-state index is -0.173. The van der Waals surface area contributed by atoms with Gasteiger partial charge in [0.2, 0.25) is 5.91 Å². The monoisotopic (exact) mass is 387 g/mol. The molecular formula is C22H33N3O3. The lowest BCUT2D eigenvalue weighted by Crippen LogP contribution is -2.50. The van der Waals surface area contributed by atoms with Gasteiger partial charge in [-0.15, -0.1) is 0 Å². The van der Waals surface area contributed by atoms with Crippen LogP contribution in [-0.4, -0.2) is 37.2 Å². The van der Waals surface area contributed by atoms with Gasteiger partial charge in [0, 0.05) is 24.7 Å². The van der Waals surface area contributed by atoms with Crippen molar-refractivity contribution in [2.75, 3.05) is 18.1 Å². The van der Waals surface area contributed by atoms with Crippen LogP contribution in [0.2, 0.25) is 0 Å². The summed E-state index contributed by atoms with van der Waals surface area (Å²) in [4.78, 5) is 26.6. The number of urea groups is 1. The van der Waals surface area contributed by atoms with E-state index in [9.17, 15) is 9.59 Å². The molecule has 2 fully saturated rings. The Balaban J connectivity index is 1.53. The molecule has 1 aromatic rings. The fraction of sp³-hybridized carbons (Fsp3) is 0.636. The normalized spacial score (nSPS) is 26.8. The minimum Gasteiger partial charge on any atom is -0.494 e. The molecule has 3 amide bonds. The van der Waals surface area contributed by atoms with Crippen LogP contribution < -0.4 is 20.3 Å². The lowest BCUT2D eigenvalue weighted by molar-refractivity contribution is -0.117. The summed E-state index contributed by atoms with van der Waals surface area (Å²) in [6, 6.07) is 7.36. The summed E-state index contributed by atoms with van der Waals surface area (Å²) in [5.74, 6) is 1.43. The van der Waals surface area contributed by atoms with Gasteiger partial charge in [0.15, 0.2) is 0 Å². The lowest BCUT2D eigenvalue weighted by Gasteiger charge is -2.39. The average Bonchev–Trinajstić information content (AvgIpc) is 2.94. The van der Waals surface area contributed by atoms with Crippen LogP contribution in [0.4, 0.5) is 10.5 Å². The zero-order valence-electron chi connectivity index (χ0n) is 17.5. The second-order valence-corrected chi connectivity index (χ2v) is 9.06. The van der Waals surface area contributed by atoms with Gasteiger partial charge in [-0.25, -0.2) is 4.79 Å². The Morgan fingerprint density at radius 2 is 1.86 bits per heavy atom. The number of carbonyl (C=O) groups is 2. The van der Waals surface area contributed by atoms with Crippen LogP contribution in [0.15, 0.2) is 24.3 Å². The molecule has 1 aliphatic carbocycles. The molecule has 0 bridgehead atoms. The smallest absolute Gasteiger partial charge is 0.315 e. The highest BCUT2D eigenvalue weighted by Crippen LogP contribution is 2.38. The summed E-state index contributed by atoms with van der Waals surface area (Å²) in [7, 11) is 0. The number of rotatable bonds is 5. The quantitative estimate of drug-likeness (QED) is 0.809. The van der Waals surface area contributed by atoms with E-state index < -0.39 is 0 Å². The third kappa shape index (κ3) is 5.18. The number of nitrogens with zero attached hydrogens (tertiary/aromatic N) is 1. The first-order valence-electron chi connectivity index (χ1n) is 10.4. The van der Waals surface area contributed by atoms with Crippen LogP contribution in [-0.2, 0) is 4.79 Å². The predicted molar refractivity (Wildman–Crippen MR) is 111 cm³/mol. The van der Waals surface area contributed by atoms with Crippen LogP contribution in [0.5, 0.6) is 5.75 Å². The summed E-state index contributed by atoms with van der Waals surface area (Å²) in [6.07, 6.45) is 3.53. The molecule has 1 aromatic carbocycles. The second kappa shape index (κ2) is 8.41. The molecule has 3 rings (SSSR count). The Labute approximate surface area is 168 Å². The van der Waals surface area contributed by atoms with Crippen molar-refractivity contribution in [3.05, 3.63) is 24.3 Å². The summed E-state index contributed by atoms with van der Waals surface area (Å²) in [6.45, 7) is 9.82. The third-order valence-electron chi connectivity index (χ3n) is 5.64. The minimum absolute atomic E-state index is 0.0295. The van der Waals surface area contributed by atoms with Gasteiger partial charge in [0.05, 0.1) is 12.6 Å². The molecule has 1 aliphatic heterocycles. The molecule has 1 saturated heterocycles. The first-order chi connectivity index (χ1) is 13.3. The van der Waals surface area contributed by atoms with Gasteiger partial charge in [-0.2, -0.15) is 0 Å². The highest BCUT2D eigenvalue weighted by Gasteiger charge is 2.34. The maximum Gasteiger partial charge on any atom is 0.315 e. The number of hydrogen-bond acceptors (Lipinski definition) is 3. The maximum atomic E-state index is 12.5.